The second-order valence-corrected chi connectivity index (χ2v) is 3.33. The Morgan fingerprint density at radius 2 is 1.87 bits per heavy atom. The molecule has 4 heteroatoms. The Balaban J connectivity index is 2.75. The molecule has 1 aromatic carbocycles. The van der Waals surface area contributed by atoms with Crippen LogP contribution in [0.4, 0.5) is 0 Å². The highest BCUT2D eigenvalue weighted by Gasteiger charge is 1.94. The number of hydrogen-bond acceptors (Lipinski definition) is 2. The van der Waals surface area contributed by atoms with Gasteiger partial charge in [0.2, 0.25) is 5.91 Å². The van der Waals surface area contributed by atoms with Crippen LogP contribution in [0.2, 0.25) is 0 Å². The van der Waals surface area contributed by atoms with Crippen molar-refractivity contribution in [1.29, 1.82) is 0 Å². The minimum Gasteiger partial charge on any atom is -0.389 e. The summed E-state index contributed by atoms with van der Waals surface area (Å²) in [7, 11) is 0. The summed E-state index contributed by atoms with van der Waals surface area (Å²) in [6.07, 6.45) is 0.0665. The van der Waals surface area contributed by atoms with Crippen molar-refractivity contribution in [3.8, 4) is 11.8 Å². The van der Waals surface area contributed by atoms with Gasteiger partial charge < -0.3 is 11.5 Å². The van der Waals surface area contributed by atoms with Gasteiger partial charge >= 0.3 is 0 Å². The first kappa shape index (κ1) is 11.2. The van der Waals surface area contributed by atoms with Crippen LogP contribution in [0.3, 0.4) is 0 Å². The average molecular weight is 218 g/mol. The number of rotatable bonds is 2. The zero-order valence-electron chi connectivity index (χ0n) is 7.99. The van der Waals surface area contributed by atoms with E-state index < -0.39 is 5.91 Å². The third kappa shape index (κ3) is 3.79. The largest absolute Gasteiger partial charge is 0.389 e. The third-order valence-electron chi connectivity index (χ3n) is 1.66. The summed E-state index contributed by atoms with van der Waals surface area (Å²) in [5.74, 6) is 5.04. The van der Waals surface area contributed by atoms with E-state index in [1.807, 2.05) is 0 Å². The van der Waals surface area contributed by atoms with Crippen LogP contribution < -0.4 is 11.5 Å². The monoisotopic (exact) mass is 218 g/mol. The summed E-state index contributed by atoms with van der Waals surface area (Å²) in [5, 5.41) is 0. The van der Waals surface area contributed by atoms with E-state index in [0.29, 0.717) is 4.99 Å². The van der Waals surface area contributed by atoms with Gasteiger partial charge in [-0.2, -0.15) is 0 Å². The minimum absolute atomic E-state index is 0.0665. The first-order chi connectivity index (χ1) is 7.09. The van der Waals surface area contributed by atoms with E-state index in [2.05, 4.69) is 11.8 Å². The Morgan fingerprint density at radius 1 is 1.27 bits per heavy atom. The maximum Gasteiger partial charge on any atom is 0.229 e. The molecule has 1 amide bonds. The molecule has 0 heterocycles. The molecule has 0 aliphatic carbocycles. The maximum absolute atomic E-state index is 10.4. The van der Waals surface area contributed by atoms with Crippen molar-refractivity contribution >= 4 is 23.1 Å². The number of hydrogen-bond donors (Lipinski definition) is 2. The van der Waals surface area contributed by atoms with E-state index >= 15 is 0 Å². The van der Waals surface area contributed by atoms with E-state index in [-0.39, 0.29) is 6.42 Å². The van der Waals surface area contributed by atoms with Crippen molar-refractivity contribution in [2.24, 2.45) is 11.5 Å². The molecule has 0 saturated heterocycles. The molecular formula is C11H10N2OS. The van der Waals surface area contributed by atoms with Crippen molar-refractivity contribution in [3.63, 3.8) is 0 Å². The molecule has 0 bridgehead atoms. The standard InChI is InChI=1S/C11H10N2OS/c12-10(14)3-1-2-8-4-6-9(7-5-8)11(13)15/h4-7H,3H2,(H2,12,14)(H2,13,15). The summed E-state index contributed by atoms with van der Waals surface area (Å²) in [6, 6.07) is 7.16. The summed E-state index contributed by atoms with van der Waals surface area (Å²) in [4.78, 5) is 10.8. The van der Waals surface area contributed by atoms with Crippen molar-refractivity contribution in [3.05, 3.63) is 35.4 Å². The van der Waals surface area contributed by atoms with Crippen molar-refractivity contribution in [1.82, 2.24) is 0 Å². The molecule has 0 fully saturated rings. The maximum atomic E-state index is 10.4. The quantitative estimate of drug-likeness (QED) is 0.562. The van der Waals surface area contributed by atoms with Crippen LogP contribution in [-0.2, 0) is 4.79 Å². The molecule has 0 saturated carbocycles. The van der Waals surface area contributed by atoms with Crippen LogP contribution in [0.15, 0.2) is 24.3 Å². The predicted octanol–water partition coefficient (Wildman–Crippen LogP) is 0.548. The van der Waals surface area contributed by atoms with Gasteiger partial charge in [0, 0.05) is 11.1 Å². The number of thiocarbonyl (C=S) groups is 1. The summed E-state index contributed by atoms with van der Waals surface area (Å²) in [6.45, 7) is 0. The second-order valence-electron chi connectivity index (χ2n) is 2.89. The zero-order chi connectivity index (χ0) is 11.3. The van der Waals surface area contributed by atoms with Gasteiger partial charge in [0.05, 0.1) is 6.42 Å². The van der Waals surface area contributed by atoms with E-state index in [1.165, 1.54) is 0 Å². The Labute approximate surface area is 93.5 Å². The van der Waals surface area contributed by atoms with Crippen molar-refractivity contribution in [2.45, 2.75) is 6.42 Å². The summed E-state index contributed by atoms with van der Waals surface area (Å²) in [5.41, 5.74) is 12.0. The molecular weight excluding hydrogens is 208 g/mol. The molecule has 0 aliphatic heterocycles. The highest BCUT2D eigenvalue weighted by molar-refractivity contribution is 7.80. The molecule has 0 atom stereocenters. The van der Waals surface area contributed by atoms with Crippen LogP contribution >= 0.6 is 12.2 Å². The molecule has 0 radical (unpaired) electrons. The molecule has 1 rings (SSSR count). The fourth-order valence-corrected chi connectivity index (χ4v) is 1.09. The van der Waals surface area contributed by atoms with Gasteiger partial charge in [-0.15, -0.1) is 0 Å². The fourth-order valence-electron chi connectivity index (χ4n) is 0.951. The lowest BCUT2D eigenvalue weighted by molar-refractivity contribution is -0.117. The number of nitrogens with two attached hydrogens (primary N) is 2. The Morgan fingerprint density at radius 3 is 2.33 bits per heavy atom. The van der Waals surface area contributed by atoms with E-state index in [9.17, 15) is 4.79 Å². The molecule has 1 aromatic rings. The molecule has 4 N–H and O–H groups in total. The lowest BCUT2D eigenvalue weighted by Crippen LogP contribution is -2.08. The smallest absolute Gasteiger partial charge is 0.229 e. The molecule has 0 aliphatic rings. The van der Waals surface area contributed by atoms with Crippen molar-refractivity contribution in [2.75, 3.05) is 0 Å². The van der Waals surface area contributed by atoms with Gasteiger partial charge in [0.1, 0.15) is 4.99 Å². The highest BCUT2D eigenvalue weighted by atomic mass is 32.1. The topological polar surface area (TPSA) is 69.1 Å². The second kappa shape index (κ2) is 5.13. The Kier molecular flexibility index (Phi) is 3.83. The molecule has 0 aromatic heterocycles. The van der Waals surface area contributed by atoms with E-state index in [4.69, 9.17) is 23.7 Å². The zero-order valence-corrected chi connectivity index (χ0v) is 8.80. The van der Waals surface area contributed by atoms with Gasteiger partial charge in [-0.05, 0) is 12.1 Å². The summed E-state index contributed by atoms with van der Waals surface area (Å²) >= 11 is 4.81. The number of primary amides is 1. The van der Waals surface area contributed by atoms with Crippen LogP contribution in [-0.4, -0.2) is 10.9 Å². The highest BCUT2D eigenvalue weighted by Crippen LogP contribution is 2.02. The Hall–Kier alpha value is -1.86. The lowest BCUT2D eigenvalue weighted by Gasteiger charge is -1.96. The first-order valence-electron chi connectivity index (χ1n) is 4.26. The number of carbonyl (C=O) groups is 1. The van der Waals surface area contributed by atoms with Gasteiger partial charge in [-0.25, -0.2) is 0 Å². The van der Waals surface area contributed by atoms with Crippen molar-refractivity contribution < 1.29 is 4.79 Å². The normalized spacial score (nSPS) is 8.80. The predicted molar refractivity (Wildman–Crippen MR) is 63.0 cm³/mol. The lowest BCUT2D eigenvalue weighted by atomic mass is 10.1. The van der Waals surface area contributed by atoms with Crippen LogP contribution in [0.25, 0.3) is 0 Å². The van der Waals surface area contributed by atoms with E-state index in [1.54, 1.807) is 24.3 Å². The number of amides is 1. The fraction of sp³-hybridized carbons (Fsp3) is 0.0909. The summed E-state index contributed by atoms with van der Waals surface area (Å²) < 4.78 is 0. The minimum atomic E-state index is -0.428. The van der Waals surface area contributed by atoms with Crippen LogP contribution in [0.5, 0.6) is 0 Å². The number of benzene rings is 1. The third-order valence-corrected chi connectivity index (χ3v) is 1.90. The molecule has 3 nitrogen and oxygen atoms in total. The molecule has 0 spiro atoms. The van der Waals surface area contributed by atoms with E-state index in [0.717, 1.165) is 11.1 Å². The molecule has 15 heavy (non-hydrogen) atoms. The number of carbonyl (C=O) groups excluding carboxylic acids is 1. The van der Waals surface area contributed by atoms with Crippen LogP contribution in [0.1, 0.15) is 17.5 Å². The average Bonchev–Trinajstić information content (AvgIpc) is 2.18. The molecule has 76 valence electrons. The van der Waals surface area contributed by atoms with Gasteiger partial charge in [-0.1, -0.05) is 36.2 Å². The first-order valence-corrected chi connectivity index (χ1v) is 4.67. The van der Waals surface area contributed by atoms with Gasteiger partial charge in [0.15, 0.2) is 0 Å². The Bertz CT molecular complexity index is 440. The van der Waals surface area contributed by atoms with Crippen LogP contribution in [0, 0.1) is 11.8 Å². The molecule has 0 unspecified atom stereocenters. The van der Waals surface area contributed by atoms with Gasteiger partial charge in [0.25, 0.3) is 0 Å². The van der Waals surface area contributed by atoms with Gasteiger partial charge in [-0.3, -0.25) is 4.79 Å². The SMILES string of the molecule is NC(=O)CC#Cc1ccc(C(N)=S)cc1.